The summed E-state index contributed by atoms with van der Waals surface area (Å²) in [6.45, 7) is 0. The van der Waals surface area contributed by atoms with E-state index >= 15 is 0 Å². The van der Waals surface area contributed by atoms with Crippen LogP contribution in [0.15, 0.2) is 27.9 Å². The molecule has 0 aliphatic rings. The maximum atomic E-state index is 6.00. The lowest BCUT2D eigenvalue weighted by Crippen LogP contribution is -1.81. The average molecular weight is 261 g/mol. The van der Waals surface area contributed by atoms with E-state index < -0.39 is 0 Å². The molecule has 78 valence electrons. The first-order valence-electron chi connectivity index (χ1n) is 4.04. The number of nitrogens with zero attached hydrogens (tertiary/aromatic N) is 2. The molecule has 0 aliphatic heterocycles. The number of benzene rings is 1. The van der Waals surface area contributed by atoms with E-state index in [1.807, 2.05) is 6.26 Å². The van der Waals surface area contributed by atoms with E-state index in [0.717, 1.165) is 0 Å². The van der Waals surface area contributed by atoms with Crippen molar-refractivity contribution >= 4 is 35.0 Å². The van der Waals surface area contributed by atoms with Crippen LogP contribution in [0.5, 0.6) is 0 Å². The van der Waals surface area contributed by atoms with Gasteiger partial charge in [-0.05, 0) is 23.5 Å². The van der Waals surface area contributed by atoms with Crippen LogP contribution in [0.2, 0.25) is 10.0 Å². The van der Waals surface area contributed by atoms with Gasteiger partial charge in [-0.2, -0.15) is 4.98 Å². The molecule has 1 aromatic carbocycles. The summed E-state index contributed by atoms with van der Waals surface area (Å²) in [6.07, 6.45) is 1.86. The standard InChI is InChI=1S/C9H6Cl2N2OS/c1-15-9-12-8(14-13-9)7-5(10)3-2-4-6(7)11/h2-4H,1H3. The molecule has 0 saturated carbocycles. The van der Waals surface area contributed by atoms with Crippen LogP contribution in [-0.2, 0) is 0 Å². The van der Waals surface area contributed by atoms with E-state index in [-0.39, 0.29) is 0 Å². The quantitative estimate of drug-likeness (QED) is 0.771. The van der Waals surface area contributed by atoms with Crippen LogP contribution in [0.1, 0.15) is 0 Å². The van der Waals surface area contributed by atoms with Crippen LogP contribution in [-0.4, -0.2) is 16.4 Å². The molecule has 3 nitrogen and oxygen atoms in total. The fourth-order valence-corrected chi connectivity index (χ4v) is 1.94. The molecule has 0 N–H and O–H groups in total. The summed E-state index contributed by atoms with van der Waals surface area (Å²) in [5.74, 6) is 0.343. The van der Waals surface area contributed by atoms with Gasteiger partial charge in [-0.15, -0.1) is 0 Å². The highest BCUT2D eigenvalue weighted by Crippen LogP contribution is 2.33. The van der Waals surface area contributed by atoms with Crippen molar-refractivity contribution in [1.29, 1.82) is 0 Å². The highest BCUT2D eigenvalue weighted by molar-refractivity contribution is 7.98. The summed E-state index contributed by atoms with van der Waals surface area (Å²) in [7, 11) is 0. The molecule has 1 heterocycles. The first-order valence-corrected chi connectivity index (χ1v) is 6.02. The van der Waals surface area contributed by atoms with Gasteiger partial charge in [-0.25, -0.2) is 0 Å². The number of hydrogen-bond donors (Lipinski definition) is 0. The van der Waals surface area contributed by atoms with Gasteiger partial charge in [0.1, 0.15) is 0 Å². The van der Waals surface area contributed by atoms with E-state index in [2.05, 4.69) is 10.1 Å². The van der Waals surface area contributed by atoms with Gasteiger partial charge in [-0.3, -0.25) is 0 Å². The van der Waals surface area contributed by atoms with Crippen molar-refractivity contribution in [2.75, 3.05) is 6.26 Å². The zero-order valence-electron chi connectivity index (χ0n) is 7.70. The summed E-state index contributed by atoms with van der Waals surface area (Å²) in [5, 5.41) is 5.31. The molecular formula is C9H6Cl2N2OS. The molecule has 0 amide bonds. The zero-order chi connectivity index (χ0) is 10.8. The van der Waals surface area contributed by atoms with Crippen molar-refractivity contribution in [2.24, 2.45) is 0 Å². The predicted molar refractivity (Wildman–Crippen MR) is 61.5 cm³/mol. The van der Waals surface area contributed by atoms with E-state index in [0.29, 0.717) is 26.7 Å². The Morgan fingerprint density at radius 1 is 1.27 bits per heavy atom. The summed E-state index contributed by atoms with van der Waals surface area (Å²) in [6, 6.07) is 5.22. The summed E-state index contributed by atoms with van der Waals surface area (Å²) < 4.78 is 5.05. The molecule has 6 heteroatoms. The third-order valence-corrected chi connectivity index (χ3v) is 2.93. The molecule has 0 atom stereocenters. The van der Waals surface area contributed by atoms with Crippen molar-refractivity contribution in [3.63, 3.8) is 0 Å². The van der Waals surface area contributed by atoms with Gasteiger partial charge >= 0.3 is 0 Å². The third kappa shape index (κ3) is 2.12. The monoisotopic (exact) mass is 260 g/mol. The smallest absolute Gasteiger partial charge is 0.261 e. The molecule has 0 bridgehead atoms. The fourth-order valence-electron chi connectivity index (χ4n) is 1.10. The van der Waals surface area contributed by atoms with Gasteiger partial charge in [0.25, 0.3) is 5.89 Å². The van der Waals surface area contributed by atoms with Gasteiger partial charge in [-0.1, -0.05) is 41.0 Å². The van der Waals surface area contributed by atoms with Crippen molar-refractivity contribution in [1.82, 2.24) is 10.1 Å². The number of rotatable bonds is 2. The van der Waals surface area contributed by atoms with Crippen LogP contribution in [0.3, 0.4) is 0 Å². The molecule has 1 aromatic heterocycles. The van der Waals surface area contributed by atoms with Gasteiger partial charge < -0.3 is 4.52 Å². The van der Waals surface area contributed by atoms with Crippen LogP contribution >= 0.6 is 35.0 Å². The Hall–Kier alpha value is -0.710. The van der Waals surface area contributed by atoms with Crippen LogP contribution in [0.25, 0.3) is 11.5 Å². The second-order valence-electron chi connectivity index (χ2n) is 2.68. The van der Waals surface area contributed by atoms with Crippen LogP contribution < -0.4 is 0 Å². The van der Waals surface area contributed by atoms with Crippen molar-refractivity contribution in [3.8, 4) is 11.5 Å². The molecule has 0 unspecified atom stereocenters. The minimum atomic E-state index is 0.343. The number of aromatic nitrogens is 2. The summed E-state index contributed by atoms with van der Waals surface area (Å²) in [5.41, 5.74) is 0.577. The second kappa shape index (κ2) is 4.43. The van der Waals surface area contributed by atoms with Gasteiger partial charge in [0.15, 0.2) is 0 Å². The fraction of sp³-hybridized carbons (Fsp3) is 0.111. The predicted octanol–water partition coefficient (Wildman–Crippen LogP) is 3.77. The topological polar surface area (TPSA) is 38.9 Å². The number of thioether (sulfide) groups is 1. The maximum Gasteiger partial charge on any atom is 0.261 e. The second-order valence-corrected chi connectivity index (χ2v) is 4.27. The van der Waals surface area contributed by atoms with Gasteiger partial charge in [0.2, 0.25) is 5.16 Å². The molecular weight excluding hydrogens is 255 g/mol. The molecule has 2 rings (SSSR count). The highest BCUT2D eigenvalue weighted by Gasteiger charge is 2.14. The molecule has 0 spiro atoms. The average Bonchev–Trinajstić information content (AvgIpc) is 2.66. The lowest BCUT2D eigenvalue weighted by atomic mass is 10.2. The Balaban J connectivity index is 2.53. The van der Waals surface area contributed by atoms with Crippen molar-refractivity contribution < 1.29 is 4.52 Å². The van der Waals surface area contributed by atoms with Crippen molar-refractivity contribution in [3.05, 3.63) is 28.2 Å². The largest absolute Gasteiger partial charge is 0.333 e. The SMILES string of the molecule is CSc1noc(-c2c(Cl)cccc2Cl)n1. The van der Waals surface area contributed by atoms with E-state index in [4.69, 9.17) is 27.7 Å². The van der Waals surface area contributed by atoms with Gasteiger partial charge in [0, 0.05) is 0 Å². The van der Waals surface area contributed by atoms with Crippen LogP contribution in [0.4, 0.5) is 0 Å². The first-order chi connectivity index (χ1) is 7.22. The molecule has 15 heavy (non-hydrogen) atoms. The minimum absolute atomic E-state index is 0.343. The summed E-state index contributed by atoms with van der Waals surface area (Å²) >= 11 is 13.4. The minimum Gasteiger partial charge on any atom is -0.333 e. The molecule has 0 fully saturated rings. The lowest BCUT2D eigenvalue weighted by Gasteiger charge is -1.99. The zero-order valence-corrected chi connectivity index (χ0v) is 10.0. The first kappa shape index (κ1) is 10.8. The Kier molecular flexibility index (Phi) is 3.19. The molecule has 0 aliphatic carbocycles. The molecule has 2 aromatic rings. The van der Waals surface area contributed by atoms with E-state index in [9.17, 15) is 0 Å². The van der Waals surface area contributed by atoms with E-state index in [1.165, 1.54) is 11.8 Å². The number of hydrogen-bond acceptors (Lipinski definition) is 4. The Bertz CT molecular complexity index is 466. The highest BCUT2D eigenvalue weighted by atomic mass is 35.5. The van der Waals surface area contributed by atoms with Crippen molar-refractivity contribution in [2.45, 2.75) is 5.16 Å². The van der Waals surface area contributed by atoms with Crippen LogP contribution in [0, 0.1) is 0 Å². The Morgan fingerprint density at radius 3 is 2.47 bits per heavy atom. The summed E-state index contributed by atoms with van der Waals surface area (Å²) in [4.78, 5) is 4.14. The lowest BCUT2D eigenvalue weighted by molar-refractivity contribution is 0.415. The van der Waals surface area contributed by atoms with Gasteiger partial charge in [0.05, 0.1) is 15.6 Å². The van der Waals surface area contributed by atoms with E-state index in [1.54, 1.807) is 18.2 Å². The Labute approximate surface area is 101 Å². The maximum absolute atomic E-state index is 6.00. The number of halogens is 2. The normalized spacial score (nSPS) is 10.6. The molecule has 0 saturated heterocycles. The Morgan fingerprint density at radius 2 is 1.93 bits per heavy atom. The molecule has 0 radical (unpaired) electrons. The third-order valence-electron chi connectivity index (χ3n) is 1.77.